The molecule has 1 unspecified atom stereocenters. The smallest absolute Gasteiger partial charge is 0.249 e. The number of aryl methyl sites for hydroxylation is 2. The van der Waals surface area contributed by atoms with Crippen LogP contribution in [0.4, 0.5) is 0 Å². The summed E-state index contributed by atoms with van der Waals surface area (Å²) in [7, 11) is 0. The zero-order valence-corrected chi connectivity index (χ0v) is 11.7. The van der Waals surface area contributed by atoms with Crippen molar-refractivity contribution in [3.05, 3.63) is 34.9 Å². The van der Waals surface area contributed by atoms with Gasteiger partial charge in [0.15, 0.2) is 0 Å². The zero-order valence-electron chi connectivity index (χ0n) is 11.7. The lowest BCUT2D eigenvalue weighted by molar-refractivity contribution is -0.137. The molecule has 0 radical (unpaired) electrons. The van der Waals surface area contributed by atoms with E-state index in [1.807, 2.05) is 32.0 Å². The fourth-order valence-corrected chi connectivity index (χ4v) is 2.18. The fourth-order valence-electron chi connectivity index (χ4n) is 2.18. The fraction of sp³-hybridized carbons (Fsp3) is 0.400. The third-order valence-corrected chi connectivity index (χ3v) is 3.51. The molecule has 1 aromatic carbocycles. The Kier molecular flexibility index (Phi) is 4.17. The molecule has 1 aliphatic heterocycles. The Morgan fingerprint density at radius 1 is 1.30 bits per heavy atom. The minimum atomic E-state index is -0.605. The van der Waals surface area contributed by atoms with Gasteiger partial charge in [-0.15, -0.1) is 0 Å². The lowest BCUT2D eigenvalue weighted by atomic mass is 10.0. The number of benzene rings is 1. The van der Waals surface area contributed by atoms with Gasteiger partial charge in [0.05, 0.1) is 6.42 Å². The number of nitrogens with one attached hydrogen (secondary N) is 2. The Morgan fingerprint density at radius 3 is 2.70 bits per heavy atom. The van der Waals surface area contributed by atoms with E-state index in [1.54, 1.807) is 0 Å². The molecule has 2 N–H and O–H groups in total. The molecule has 5 nitrogen and oxygen atoms in total. The van der Waals surface area contributed by atoms with Crippen molar-refractivity contribution >= 4 is 17.7 Å². The van der Waals surface area contributed by atoms with E-state index in [1.165, 1.54) is 5.56 Å². The molecule has 5 heteroatoms. The molecule has 0 saturated carbocycles. The molecule has 1 atom stereocenters. The van der Waals surface area contributed by atoms with Gasteiger partial charge in [0.2, 0.25) is 17.7 Å². The molecule has 0 spiro atoms. The van der Waals surface area contributed by atoms with Crippen molar-refractivity contribution in [1.29, 1.82) is 0 Å². The van der Waals surface area contributed by atoms with E-state index in [9.17, 15) is 14.4 Å². The van der Waals surface area contributed by atoms with Crippen LogP contribution in [0.25, 0.3) is 0 Å². The van der Waals surface area contributed by atoms with Crippen LogP contribution in [0.1, 0.15) is 29.5 Å². The van der Waals surface area contributed by atoms with Crippen LogP contribution in [-0.2, 0) is 20.8 Å². The van der Waals surface area contributed by atoms with E-state index in [0.717, 1.165) is 11.1 Å². The van der Waals surface area contributed by atoms with E-state index in [4.69, 9.17) is 0 Å². The van der Waals surface area contributed by atoms with Crippen molar-refractivity contribution in [1.82, 2.24) is 10.6 Å². The molecule has 0 aromatic heterocycles. The van der Waals surface area contributed by atoms with Gasteiger partial charge in [0.1, 0.15) is 6.04 Å². The van der Waals surface area contributed by atoms with E-state index in [-0.39, 0.29) is 24.7 Å². The average Bonchev–Trinajstić information content (AvgIpc) is 2.37. The second-order valence-corrected chi connectivity index (χ2v) is 5.17. The summed E-state index contributed by atoms with van der Waals surface area (Å²) < 4.78 is 0. The highest BCUT2D eigenvalue weighted by molar-refractivity contribution is 6.01. The molecule has 2 rings (SSSR count). The predicted octanol–water partition coefficient (Wildman–Crippen LogP) is 0.767. The minimum absolute atomic E-state index is 0.206. The third kappa shape index (κ3) is 3.44. The van der Waals surface area contributed by atoms with Crippen molar-refractivity contribution in [3.8, 4) is 0 Å². The first-order chi connectivity index (χ1) is 9.45. The Hall–Kier alpha value is -2.17. The number of rotatable bonds is 3. The minimum Gasteiger partial charge on any atom is -0.344 e. The summed E-state index contributed by atoms with van der Waals surface area (Å²) in [5.41, 5.74) is 3.23. The van der Waals surface area contributed by atoms with Crippen LogP contribution in [0.2, 0.25) is 0 Å². The van der Waals surface area contributed by atoms with E-state index < -0.39 is 11.9 Å². The van der Waals surface area contributed by atoms with E-state index >= 15 is 0 Å². The maximum absolute atomic E-state index is 11.9. The lowest BCUT2D eigenvalue weighted by Gasteiger charge is -2.21. The number of amides is 3. The Balaban J connectivity index is 1.93. The summed E-state index contributed by atoms with van der Waals surface area (Å²) in [6.07, 6.45) is 0.864. The monoisotopic (exact) mass is 274 g/mol. The molecule has 1 aromatic rings. The van der Waals surface area contributed by atoms with Crippen molar-refractivity contribution in [2.45, 2.75) is 39.2 Å². The Morgan fingerprint density at radius 2 is 2.05 bits per heavy atom. The van der Waals surface area contributed by atoms with Crippen LogP contribution in [0, 0.1) is 13.8 Å². The first-order valence-electron chi connectivity index (χ1n) is 6.65. The number of piperidine rings is 1. The average molecular weight is 274 g/mol. The summed E-state index contributed by atoms with van der Waals surface area (Å²) in [5, 5.41) is 4.89. The van der Waals surface area contributed by atoms with Crippen LogP contribution < -0.4 is 10.6 Å². The Bertz CT molecular complexity index is 566. The number of hydrogen-bond donors (Lipinski definition) is 2. The van der Waals surface area contributed by atoms with Crippen molar-refractivity contribution < 1.29 is 14.4 Å². The number of carbonyl (C=O) groups is 3. The van der Waals surface area contributed by atoms with Gasteiger partial charge >= 0.3 is 0 Å². The van der Waals surface area contributed by atoms with E-state index in [0.29, 0.717) is 6.42 Å². The first-order valence-corrected chi connectivity index (χ1v) is 6.65. The highest BCUT2D eigenvalue weighted by Crippen LogP contribution is 2.11. The number of hydrogen-bond acceptors (Lipinski definition) is 3. The van der Waals surface area contributed by atoms with Crippen LogP contribution in [-0.4, -0.2) is 23.8 Å². The van der Waals surface area contributed by atoms with Gasteiger partial charge in [0.25, 0.3) is 0 Å². The van der Waals surface area contributed by atoms with Crippen LogP contribution >= 0.6 is 0 Å². The molecule has 3 amide bonds. The molecular formula is C15H18N2O3. The topological polar surface area (TPSA) is 75.3 Å². The van der Waals surface area contributed by atoms with Gasteiger partial charge < -0.3 is 5.32 Å². The molecule has 0 aliphatic carbocycles. The summed E-state index contributed by atoms with van der Waals surface area (Å²) in [6, 6.07) is 5.25. The molecular weight excluding hydrogens is 256 g/mol. The third-order valence-electron chi connectivity index (χ3n) is 3.51. The summed E-state index contributed by atoms with van der Waals surface area (Å²) >= 11 is 0. The highest BCUT2D eigenvalue weighted by Gasteiger charge is 2.27. The van der Waals surface area contributed by atoms with Gasteiger partial charge in [-0.05, 0) is 37.0 Å². The second kappa shape index (κ2) is 5.86. The molecule has 106 valence electrons. The second-order valence-electron chi connectivity index (χ2n) is 5.17. The van der Waals surface area contributed by atoms with Gasteiger partial charge in [-0.1, -0.05) is 18.2 Å². The summed E-state index contributed by atoms with van der Waals surface area (Å²) in [6.45, 7) is 4.01. The summed E-state index contributed by atoms with van der Waals surface area (Å²) in [5.74, 6) is -0.910. The van der Waals surface area contributed by atoms with Gasteiger partial charge in [0, 0.05) is 6.42 Å². The molecule has 0 bridgehead atoms. The van der Waals surface area contributed by atoms with Gasteiger partial charge in [-0.3, -0.25) is 19.7 Å². The zero-order chi connectivity index (χ0) is 14.7. The standard InChI is InChI=1S/C15H18N2O3/c1-9-3-4-11(7-10(9)2)8-14(19)16-12-5-6-13(18)17-15(12)20/h3-4,7,12H,5-6,8H2,1-2H3,(H,16,19)(H,17,18,20). The van der Waals surface area contributed by atoms with Crippen molar-refractivity contribution in [2.75, 3.05) is 0 Å². The van der Waals surface area contributed by atoms with E-state index in [2.05, 4.69) is 10.6 Å². The van der Waals surface area contributed by atoms with Crippen molar-refractivity contribution in [2.24, 2.45) is 0 Å². The Labute approximate surface area is 117 Å². The number of imide groups is 1. The van der Waals surface area contributed by atoms with Crippen LogP contribution in [0.3, 0.4) is 0 Å². The number of carbonyl (C=O) groups excluding carboxylic acids is 3. The predicted molar refractivity (Wildman–Crippen MR) is 73.9 cm³/mol. The quantitative estimate of drug-likeness (QED) is 0.799. The SMILES string of the molecule is Cc1ccc(CC(=O)NC2CCC(=O)NC2=O)cc1C. The molecule has 1 aliphatic rings. The largest absolute Gasteiger partial charge is 0.344 e. The van der Waals surface area contributed by atoms with Gasteiger partial charge in [-0.25, -0.2) is 0 Å². The summed E-state index contributed by atoms with van der Waals surface area (Å²) in [4.78, 5) is 34.5. The van der Waals surface area contributed by atoms with Gasteiger partial charge in [-0.2, -0.15) is 0 Å². The molecule has 1 heterocycles. The van der Waals surface area contributed by atoms with Crippen LogP contribution in [0.15, 0.2) is 18.2 Å². The maximum atomic E-state index is 11.9. The van der Waals surface area contributed by atoms with Crippen molar-refractivity contribution in [3.63, 3.8) is 0 Å². The first kappa shape index (κ1) is 14.2. The highest BCUT2D eigenvalue weighted by atomic mass is 16.2. The molecule has 1 saturated heterocycles. The molecule has 1 fully saturated rings. The normalized spacial score (nSPS) is 18.6. The van der Waals surface area contributed by atoms with Crippen LogP contribution in [0.5, 0.6) is 0 Å². The lowest BCUT2D eigenvalue weighted by Crippen LogP contribution is -2.52. The maximum Gasteiger partial charge on any atom is 0.249 e. The molecule has 20 heavy (non-hydrogen) atoms.